The first-order valence-electron chi connectivity index (χ1n) is 8.75. The highest BCUT2D eigenvalue weighted by Gasteiger charge is 2.23. The third-order valence-corrected chi connectivity index (χ3v) is 4.35. The number of aromatic amines is 1. The van der Waals surface area contributed by atoms with Crippen LogP contribution in [0.5, 0.6) is 0 Å². The van der Waals surface area contributed by atoms with Gasteiger partial charge in [0.15, 0.2) is 0 Å². The Hall–Kier alpha value is -0.990. The average molecular weight is 295 g/mol. The summed E-state index contributed by atoms with van der Waals surface area (Å²) in [5.74, 6) is 0.435. The Labute approximate surface area is 129 Å². The predicted molar refractivity (Wildman–Crippen MR) is 88.8 cm³/mol. The van der Waals surface area contributed by atoms with Gasteiger partial charge in [-0.3, -0.25) is 4.98 Å². The molecule has 0 radical (unpaired) electrons. The van der Waals surface area contributed by atoms with Crippen LogP contribution in [0.4, 0.5) is 0 Å². The molecular weight excluding hydrogens is 262 g/mol. The first kappa shape index (κ1) is 18.1. The minimum absolute atomic E-state index is 0.0423. The van der Waals surface area contributed by atoms with Gasteiger partial charge in [-0.1, -0.05) is 85.0 Å². The molecule has 0 atom stereocenters. The minimum atomic E-state index is -0.346. The third kappa shape index (κ3) is 7.54. The van der Waals surface area contributed by atoms with Gasteiger partial charge in [-0.25, -0.2) is 4.79 Å². The quantitative estimate of drug-likeness (QED) is 0.513. The number of oxazole rings is 1. The van der Waals surface area contributed by atoms with Crippen molar-refractivity contribution in [2.75, 3.05) is 0 Å². The summed E-state index contributed by atoms with van der Waals surface area (Å²) in [6.07, 6.45) is 16.3. The second kappa shape index (κ2) is 9.86. The van der Waals surface area contributed by atoms with E-state index in [0.717, 1.165) is 12.2 Å². The van der Waals surface area contributed by atoms with Gasteiger partial charge in [0.05, 0.1) is 0 Å². The van der Waals surface area contributed by atoms with Crippen molar-refractivity contribution in [3.05, 3.63) is 22.5 Å². The molecule has 0 saturated heterocycles. The molecule has 122 valence electrons. The summed E-state index contributed by atoms with van der Waals surface area (Å²) in [6.45, 7) is 6.56. The van der Waals surface area contributed by atoms with Crippen LogP contribution in [-0.2, 0) is 5.41 Å². The molecule has 0 aliphatic heterocycles. The molecule has 0 aliphatic carbocycles. The van der Waals surface area contributed by atoms with Crippen LogP contribution in [0.1, 0.15) is 97.2 Å². The number of nitrogens with one attached hydrogen (secondary N) is 1. The highest BCUT2D eigenvalue weighted by Crippen LogP contribution is 2.28. The molecule has 0 fully saturated rings. The van der Waals surface area contributed by atoms with Crippen LogP contribution in [-0.4, -0.2) is 4.98 Å². The number of hydrogen-bond donors (Lipinski definition) is 1. The highest BCUT2D eigenvalue weighted by atomic mass is 16.4. The van der Waals surface area contributed by atoms with Crippen molar-refractivity contribution in [2.24, 2.45) is 0 Å². The largest absolute Gasteiger partial charge is 0.416 e. The maximum Gasteiger partial charge on any atom is 0.416 e. The molecule has 1 aromatic heterocycles. The summed E-state index contributed by atoms with van der Waals surface area (Å²) >= 11 is 0. The molecule has 3 heteroatoms. The Morgan fingerprint density at radius 1 is 0.952 bits per heavy atom. The molecule has 3 nitrogen and oxygen atoms in total. The predicted octanol–water partition coefficient (Wildman–Crippen LogP) is 5.56. The number of aromatic nitrogens is 1. The second-order valence-corrected chi connectivity index (χ2v) is 6.86. The molecule has 0 unspecified atom stereocenters. The zero-order valence-corrected chi connectivity index (χ0v) is 14.2. The Balaban J connectivity index is 2.02. The third-order valence-electron chi connectivity index (χ3n) is 4.35. The van der Waals surface area contributed by atoms with E-state index in [1.807, 2.05) is 0 Å². The van der Waals surface area contributed by atoms with E-state index in [9.17, 15) is 4.79 Å². The lowest BCUT2D eigenvalue weighted by atomic mass is 9.84. The van der Waals surface area contributed by atoms with Crippen LogP contribution in [0.25, 0.3) is 0 Å². The molecule has 0 saturated carbocycles. The van der Waals surface area contributed by atoms with Crippen molar-refractivity contribution in [3.8, 4) is 0 Å². The lowest BCUT2D eigenvalue weighted by Crippen LogP contribution is -2.16. The molecule has 1 aromatic rings. The summed E-state index contributed by atoms with van der Waals surface area (Å²) in [5.41, 5.74) is -0.0423. The van der Waals surface area contributed by atoms with Gasteiger partial charge in [0, 0.05) is 11.6 Å². The van der Waals surface area contributed by atoms with E-state index < -0.39 is 0 Å². The molecule has 1 rings (SSSR count). The van der Waals surface area contributed by atoms with Crippen molar-refractivity contribution in [1.82, 2.24) is 4.98 Å². The van der Waals surface area contributed by atoms with Crippen molar-refractivity contribution >= 4 is 0 Å². The van der Waals surface area contributed by atoms with Crippen LogP contribution in [0.15, 0.2) is 15.4 Å². The Kier molecular flexibility index (Phi) is 8.48. The summed E-state index contributed by atoms with van der Waals surface area (Å²) in [4.78, 5) is 13.6. The van der Waals surface area contributed by atoms with E-state index in [1.54, 1.807) is 6.20 Å². The van der Waals surface area contributed by atoms with Crippen molar-refractivity contribution in [2.45, 2.75) is 96.8 Å². The van der Waals surface area contributed by atoms with Gasteiger partial charge in [0.2, 0.25) is 0 Å². The fourth-order valence-corrected chi connectivity index (χ4v) is 2.79. The van der Waals surface area contributed by atoms with Crippen LogP contribution in [0.3, 0.4) is 0 Å². The molecule has 21 heavy (non-hydrogen) atoms. The number of rotatable bonds is 12. The fraction of sp³-hybridized carbons (Fsp3) is 0.833. The van der Waals surface area contributed by atoms with E-state index in [4.69, 9.17) is 4.42 Å². The van der Waals surface area contributed by atoms with Crippen molar-refractivity contribution in [3.63, 3.8) is 0 Å². The molecule has 1 N–H and O–H groups in total. The van der Waals surface area contributed by atoms with Crippen LogP contribution < -0.4 is 5.76 Å². The lowest BCUT2D eigenvalue weighted by molar-refractivity contribution is 0.339. The lowest BCUT2D eigenvalue weighted by Gasteiger charge is -2.21. The summed E-state index contributed by atoms with van der Waals surface area (Å²) in [5, 5.41) is 0. The van der Waals surface area contributed by atoms with Crippen LogP contribution in [0.2, 0.25) is 0 Å². The Bertz CT molecular complexity index is 417. The smallest absolute Gasteiger partial charge is 0.413 e. The first-order chi connectivity index (χ1) is 10.1. The van der Waals surface area contributed by atoms with Gasteiger partial charge in [-0.2, -0.15) is 0 Å². The SMILES string of the molecule is CCCCCCCCCCCCC(C)(C)c1c[nH]c(=O)o1. The highest BCUT2D eigenvalue weighted by molar-refractivity contribution is 5.05. The molecule has 0 bridgehead atoms. The summed E-state index contributed by atoms with van der Waals surface area (Å²) in [6, 6.07) is 0. The monoisotopic (exact) mass is 295 g/mol. The molecule has 0 aliphatic rings. The van der Waals surface area contributed by atoms with E-state index in [2.05, 4.69) is 25.8 Å². The normalized spacial score (nSPS) is 12.0. The van der Waals surface area contributed by atoms with Gasteiger partial charge in [0.1, 0.15) is 5.76 Å². The minimum Gasteiger partial charge on any atom is -0.413 e. The fourth-order valence-electron chi connectivity index (χ4n) is 2.79. The van der Waals surface area contributed by atoms with Crippen molar-refractivity contribution < 1.29 is 4.42 Å². The zero-order valence-electron chi connectivity index (χ0n) is 14.2. The van der Waals surface area contributed by atoms with Crippen LogP contribution >= 0.6 is 0 Å². The number of H-pyrrole nitrogens is 1. The van der Waals surface area contributed by atoms with Gasteiger partial charge >= 0.3 is 5.76 Å². The first-order valence-corrected chi connectivity index (χ1v) is 8.75. The molecule has 1 heterocycles. The van der Waals surface area contributed by atoms with Gasteiger partial charge < -0.3 is 4.42 Å². The molecule has 0 amide bonds. The van der Waals surface area contributed by atoms with Gasteiger partial charge in [-0.05, 0) is 6.42 Å². The standard InChI is InChI=1S/C18H33NO2/c1-4-5-6-7-8-9-10-11-12-13-14-18(2,3)16-15-19-17(20)21-16/h15H,4-14H2,1-3H3,(H,19,20). The Morgan fingerprint density at radius 2 is 1.48 bits per heavy atom. The van der Waals surface area contributed by atoms with E-state index >= 15 is 0 Å². The average Bonchev–Trinajstić information content (AvgIpc) is 2.88. The van der Waals surface area contributed by atoms with E-state index in [1.165, 1.54) is 64.2 Å². The number of unbranched alkanes of at least 4 members (excludes halogenated alkanes) is 9. The Morgan fingerprint density at radius 3 is 1.95 bits per heavy atom. The van der Waals surface area contributed by atoms with Gasteiger partial charge in [-0.15, -0.1) is 0 Å². The van der Waals surface area contributed by atoms with Gasteiger partial charge in [0.25, 0.3) is 0 Å². The maximum atomic E-state index is 11.1. The van der Waals surface area contributed by atoms with E-state index in [-0.39, 0.29) is 11.2 Å². The number of hydrogen-bond acceptors (Lipinski definition) is 2. The molecule has 0 spiro atoms. The van der Waals surface area contributed by atoms with Crippen molar-refractivity contribution in [1.29, 1.82) is 0 Å². The molecule has 0 aromatic carbocycles. The maximum absolute atomic E-state index is 11.1. The summed E-state index contributed by atoms with van der Waals surface area (Å²) < 4.78 is 5.18. The summed E-state index contributed by atoms with van der Waals surface area (Å²) in [7, 11) is 0. The molecular formula is C18H33NO2. The van der Waals surface area contributed by atoms with Crippen LogP contribution in [0, 0.1) is 0 Å². The second-order valence-electron chi connectivity index (χ2n) is 6.86. The topological polar surface area (TPSA) is 46.0 Å². The van der Waals surface area contributed by atoms with E-state index in [0.29, 0.717) is 0 Å². The zero-order chi connectivity index (χ0) is 15.6.